The Kier molecular flexibility index (Phi) is 6.48. The number of carboxylic acid groups (broad SMARTS) is 1. The van der Waals surface area contributed by atoms with Crippen molar-refractivity contribution < 1.29 is 25.7 Å². The number of nitrogens with two attached hydrogens (primary N) is 1. The van der Waals surface area contributed by atoms with Crippen LogP contribution in [0.15, 0.2) is 24.5 Å². The van der Waals surface area contributed by atoms with E-state index in [-0.39, 0.29) is 12.3 Å². The van der Waals surface area contributed by atoms with Crippen LogP contribution in [-0.2, 0) is 9.59 Å². The summed E-state index contributed by atoms with van der Waals surface area (Å²) < 4.78 is 0. The van der Waals surface area contributed by atoms with Crippen molar-refractivity contribution in [1.29, 1.82) is 0 Å². The summed E-state index contributed by atoms with van der Waals surface area (Å²) in [6.45, 7) is 1.35. The summed E-state index contributed by atoms with van der Waals surface area (Å²) >= 11 is 0. The van der Waals surface area contributed by atoms with Gasteiger partial charge in [0.2, 0.25) is 5.91 Å². The number of carboxylic acids is 1. The highest BCUT2D eigenvalue weighted by Gasteiger charge is 2.18. The van der Waals surface area contributed by atoms with Crippen molar-refractivity contribution in [3.05, 3.63) is 24.5 Å². The zero-order chi connectivity index (χ0) is 14.1. The Hall–Kier alpha value is -1.99. The molecule has 0 fully saturated rings. The van der Waals surface area contributed by atoms with E-state index >= 15 is 0 Å². The van der Waals surface area contributed by atoms with Crippen molar-refractivity contribution in [1.82, 2.24) is 4.98 Å². The van der Waals surface area contributed by atoms with Gasteiger partial charge in [-0.15, -0.1) is 0 Å². The third kappa shape index (κ3) is 5.94. The van der Waals surface area contributed by atoms with Crippen LogP contribution in [0.1, 0.15) is 12.8 Å². The van der Waals surface area contributed by atoms with Gasteiger partial charge in [-0.25, -0.2) is 0 Å². The normalized spacial score (nSPS) is 11.8. The van der Waals surface area contributed by atoms with Crippen molar-refractivity contribution in [2.24, 2.45) is 0 Å². The SMILES string of the molecule is [NH3+]CCC[NH2+][C@@H](CC(=O)Nc1cccnc1)C(=O)[O-]. The number of carbonyl (C=O) groups is 2. The van der Waals surface area contributed by atoms with Gasteiger partial charge in [-0.2, -0.15) is 0 Å². The van der Waals surface area contributed by atoms with Gasteiger partial charge in [-0.1, -0.05) is 0 Å². The maximum Gasteiger partial charge on any atom is 0.230 e. The van der Waals surface area contributed by atoms with E-state index in [4.69, 9.17) is 0 Å². The van der Waals surface area contributed by atoms with Gasteiger partial charge >= 0.3 is 0 Å². The Labute approximate surface area is 111 Å². The lowest BCUT2D eigenvalue weighted by atomic mass is 10.2. The molecule has 1 aromatic rings. The average Bonchev–Trinajstić information content (AvgIpc) is 2.38. The van der Waals surface area contributed by atoms with Gasteiger partial charge < -0.3 is 26.3 Å². The molecule has 0 aromatic carbocycles. The summed E-state index contributed by atoms with van der Waals surface area (Å²) in [5, 5.41) is 15.1. The Morgan fingerprint density at radius 3 is 2.89 bits per heavy atom. The van der Waals surface area contributed by atoms with Gasteiger partial charge in [0.25, 0.3) is 0 Å². The van der Waals surface area contributed by atoms with E-state index in [1.54, 1.807) is 23.6 Å². The summed E-state index contributed by atoms with van der Waals surface area (Å²) in [6.07, 6.45) is 3.76. The molecule has 19 heavy (non-hydrogen) atoms. The second-order valence-electron chi connectivity index (χ2n) is 4.15. The molecule has 0 aliphatic heterocycles. The number of amides is 1. The van der Waals surface area contributed by atoms with E-state index < -0.39 is 12.0 Å². The average molecular weight is 267 g/mol. The number of aromatic nitrogens is 1. The predicted molar refractivity (Wildman–Crippen MR) is 65.4 cm³/mol. The molecule has 6 N–H and O–H groups in total. The molecule has 1 rings (SSSR count). The van der Waals surface area contributed by atoms with Gasteiger partial charge in [0, 0.05) is 12.6 Å². The lowest BCUT2D eigenvalue weighted by Gasteiger charge is -2.15. The van der Waals surface area contributed by atoms with Crippen LogP contribution in [0.2, 0.25) is 0 Å². The molecular formula is C12H19N4O3+. The molecular weight excluding hydrogens is 248 g/mol. The number of anilines is 1. The summed E-state index contributed by atoms with van der Waals surface area (Å²) in [6, 6.07) is 2.50. The molecule has 0 spiro atoms. The number of rotatable bonds is 8. The third-order valence-corrected chi connectivity index (χ3v) is 2.56. The van der Waals surface area contributed by atoms with E-state index in [9.17, 15) is 14.7 Å². The first-order valence-electron chi connectivity index (χ1n) is 6.16. The minimum absolute atomic E-state index is 0.131. The van der Waals surface area contributed by atoms with Crippen LogP contribution in [0, 0.1) is 0 Å². The highest BCUT2D eigenvalue weighted by atomic mass is 16.4. The lowest BCUT2D eigenvalue weighted by molar-refractivity contribution is -0.684. The fourth-order valence-corrected chi connectivity index (χ4v) is 1.57. The Balaban J connectivity index is 2.45. The van der Waals surface area contributed by atoms with E-state index in [2.05, 4.69) is 16.0 Å². The number of nitrogens with one attached hydrogen (secondary N) is 1. The zero-order valence-corrected chi connectivity index (χ0v) is 10.7. The molecule has 0 aliphatic carbocycles. The molecule has 0 radical (unpaired) electrons. The second kappa shape index (κ2) is 8.17. The molecule has 0 bridgehead atoms. The van der Waals surface area contributed by atoms with E-state index in [1.165, 1.54) is 6.20 Å². The number of hydrogen-bond acceptors (Lipinski definition) is 4. The minimum Gasteiger partial charge on any atom is -0.544 e. The van der Waals surface area contributed by atoms with Gasteiger partial charge in [0.1, 0.15) is 6.04 Å². The van der Waals surface area contributed by atoms with Gasteiger partial charge in [-0.05, 0) is 12.1 Å². The molecule has 1 heterocycles. The van der Waals surface area contributed by atoms with Gasteiger partial charge in [0.15, 0.2) is 0 Å². The number of pyridine rings is 1. The topological polar surface area (TPSA) is 126 Å². The van der Waals surface area contributed by atoms with Crippen LogP contribution >= 0.6 is 0 Å². The highest BCUT2D eigenvalue weighted by molar-refractivity contribution is 5.93. The highest BCUT2D eigenvalue weighted by Crippen LogP contribution is 2.03. The lowest BCUT2D eigenvalue weighted by Crippen LogP contribution is -2.93. The van der Waals surface area contributed by atoms with Crippen LogP contribution in [0.3, 0.4) is 0 Å². The number of quaternary nitrogens is 2. The van der Waals surface area contributed by atoms with Crippen molar-refractivity contribution in [2.75, 3.05) is 18.4 Å². The number of aliphatic carboxylic acids is 1. The number of nitrogens with zero attached hydrogens (tertiary/aromatic N) is 1. The largest absolute Gasteiger partial charge is 0.544 e. The quantitative estimate of drug-likeness (QED) is 0.427. The van der Waals surface area contributed by atoms with Crippen LogP contribution in [0.4, 0.5) is 5.69 Å². The summed E-state index contributed by atoms with van der Waals surface area (Å²) in [7, 11) is 0. The fraction of sp³-hybridized carbons (Fsp3) is 0.417. The summed E-state index contributed by atoms with van der Waals surface area (Å²) in [5.41, 5.74) is 4.22. The molecule has 7 nitrogen and oxygen atoms in total. The Morgan fingerprint density at radius 1 is 1.53 bits per heavy atom. The van der Waals surface area contributed by atoms with Gasteiger partial charge in [-0.3, -0.25) is 9.78 Å². The van der Waals surface area contributed by atoms with E-state index in [1.807, 2.05) is 0 Å². The zero-order valence-electron chi connectivity index (χ0n) is 10.7. The first-order valence-corrected chi connectivity index (χ1v) is 6.16. The van der Waals surface area contributed by atoms with Crippen LogP contribution in [0.5, 0.6) is 0 Å². The molecule has 0 aliphatic rings. The molecule has 7 heteroatoms. The van der Waals surface area contributed by atoms with Crippen LogP contribution in [-0.4, -0.2) is 36.0 Å². The second-order valence-corrected chi connectivity index (χ2v) is 4.15. The van der Waals surface area contributed by atoms with E-state index in [0.29, 0.717) is 12.2 Å². The summed E-state index contributed by atoms with van der Waals surface area (Å²) in [5.74, 6) is -1.60. The molecule has 1 aromatic heterocycles. The predicted octanol–water partition coefficient (Wildman–Crippen LogP) is -3.28. The maximum atomic E-state index is 11.7. The maximum absolute atomic E-state index is 11.7. The first-order chi connectivity index (χ1) is 9.13. The molecule has 0 saturated carbocycles. The number of carbonyl (C=O) groups excluding carboxylic acids is 2. The molecule has 1 atom stereocenters. The van der Waals surface area contributed by atoms with E-state index in [0.717, 1.165) is 13.0 Å². The van der Waals surface area contributed by atoms with Crippen molar-refractivity contribution in [2.45, 2.75) is 18.9 Å². The number of hydrogen-bond donors (Lipinski definition) is 3. The standard InChI is InChI=1S/C12H18N4O3/c13-4-2-6-15-10(12(18)19)7-11(17)16-9-3-1-5-14-8-9/h1,3,5,8,10,15H,2,4,6-7,13H2,(H,16,17)(H,18,19)/p+1/t10-/m0/s1. The minimum atomic E-state index is -1.23. The molecule has 1 amide bonds. The molecule has 0 saturated heterocycles. The van der Waals surface area contributed by atoms with Crippen molar-refractivity contribution in [3.63, 3.8) is 0 Å². The van der Waals surface area contributed by atoms with Crippen molar-refractivity contribution in [3.8, 4) is 0 Å². The molecule has 104 valence electrons. The Bertz CT molecular complexity index is 411. The summed E-state index contributed by atoms with van der Waals surface area (Å²) in [4.78, 5) is 26.5. The smallest absolute Gasteiger partial charge is 0.230 e. The van der Waals surface area contributed by atoms with Crippen LogP contribution in [0.25, 0.3) is 0 Å². The monoisotopic (exact) mass is 267 g/mol. The molecule has 0 unspecified atom stereocenters. The van der Waals surface area contributed by atoms with Gasteiger partial charge in [0.05, 0.1) is 37.4 Å². The third-order valence-electron chi connectivity index (χ3n) is 2.56. The van der Waals surface area contributed by atoms with Crippen LogP contribution < -0.4 is 21.5 Å². The fourth-order valence-electron chi connectivity index (χ4n) is 1.57. The van der Waals surface area contributed by atoms with Crippen molar-refractivity contribution >= 4 is 17.6 Å². The Morgan fingerprint density at radius 2 is 2.32 bits per heavy atom. The first kappa shape index (κ1) is 15.1.